The number of allylic oxidation sites excluding steroid dienone is 1. The second kappa shape index (κ2) is 29.7. The predicted molar refractivity (Wildman–Crippen MR) is 233 cm³/mol. The van der Waals surface area contributed by atoms with Gasteiger partial charge in [0.2, 0.25) is 0 Å². The van der Waals surface area contributed by atoms with E-state index < -0.39 is 0 Å². The van der Waals surface area contributed by atoms with Crippen LogP contribution in [0.2, 0.25) is 0 Å². The van der Waals surface area contributed by atoms with Crippen LogP contribution in [-0.4, -0.2) is 25.4 Å². The number of esters is 1. The largest absolute Gasteiger partial charge is 0.494 e. The van der Waals surface area contributed by atoms with Crippen LogP contribution in [0.5, 0.6) is 5.75 Å². The summed E-state index contributed by atoms with van der Waals surface area (Å²) in [7, 11) is 0. The second-order valence-electron chi connectivity index (χ2n) is 15.6. The number of nitrogens with zero attached hydrogens (tertiary/aromatic N) is 1. The first-order valence-electron chi connectivity index (χ1n) is 21.8. The van der Waals surface area contributed by atoms with Gasteiger partial charge in [-0.15, -0.1) is 0 Å². The van der Waals surface area contributed by atoms with E-state index in [1.807, 2.05) is 56.5 Å². The van der Waals surface area contributed by atoms with Gasteiger partial charge in [0.15, 0.2) is 0 Å². The fourth-order valence-electron chi connectivity index (χ4n) is 6.63. The van der Waals surface area contributed by atoms with E-state index in [-0.39, 0.29) is 5.97 Å². The molecule has 0 fully saturated rings. The molecule has 0 aliphatic rings. The summed E-state index contributed by atoms with van der Waals surface area (Å²) in [6.07, 6.45) is 36.4. The number of carbonyl (C=O) groups is 1. The van der Waals surface area contributed by atoms with E-state index in [1.165, 1.54) is 134 Å². The van der Waals surface area contributed by atoms with Gasteiger partial charge in [0.05, 0.1) is 24.5 Å². The number of hydrogen-bond donors (Lipinski definition) is 0. The third-order valence-electron chi connectivity index (χ3n) is 10.1. The van der Waals surface area contributed by atoms with Crippen LogP contribution in [0.15, 0.2) is 83.9 Å². The van der Waals surface area contributed by atoms with Gasteiger partial charge in [-0.1, -0.05) is 186 Å². The predicted octanol–water partition coefficient (Wildman–Crippen LogP) is 15.1. The molecular formula is C50H73NO3. The lowest BCUT2D eigenvalue weighted by Gasteiger charge is -2.07. The molecule has 0 saturated heterocycles. The molecule has 0 aliphatic carbocycles. The quantitative estimate of drug-likeness (QED) is 0.0375. The molecule has 54 heavy (non-hydrogen) atoms. The van der Waals surface area contributed by atoms with E-state index in [4.69, 9.17) is 9.47 Å². The molecule has 0 bridgehead atoms. The van der Waals surface area contributed by atoms with Crippen LogP contribution in [0.4, 0.5) is 5.69 Å². The molecule has 0 amide bonds. The van der Waals surface area contributed by atoms with Gasteiger partial charge < -0.3 is 9.47 Å². The van der Waals surface area contributed by atoms with E-state index in [0.29, 0.717) is 18.1 Å². The Morgan fingerprint density at radius 3 is 1.57 bits per heavy atom. The zero-order valence-corrected chi connectivity index (χ0v) is 34.4. The highest BCUT2D eigenvalue weighted by molar-refractivity contribution is 5.89. The Labute approximate surface area is 330 Å². The monoisotopic (exact) mass is 736 g/mol. The van der Waals surface area contributed by atoms with Crippen LogP contribution in [0, 0.1) is 5.92 Å². The standard InChI is InChI=1S/C50H73NO3/c1-4-5-6-7-8-9-10-11-12-13-14-15-16-17-18-19-20-21-22-23-24-40-53-49-38-32-46(33-39-49)41-51-48-36-30-45(31-37-48)27-25-26-44-28-34-47(35-29-44)50(52)54-42-43(2)3/h25-26,28-39,41,43H,4-24,27,40,42H2,1-3H3/b26-25+,51-41?. The number of carbonyl (C=O) groups excluding carboxylic acids is 1. The van der Waals surface area contributed by atoms with Crippen LogP contribution in [0.25, 0.3) is 6.08 Å². The van der Waals surface area contributed by atoms with Crippen molar-refractivity contribution in [3.8, 4) is 5.75 Å². The molecule has 0 saturated carbocycles. The molecule has 296 valence electrons. The number of unbranched alkanes of at least 4 members (excludes halogenated alkanes) is 20. The highest BCUT2D eigenvalue weighted by Gasteiger charge is 2.07. The molecule has 4 heteroatoms. The summed E-state index contributed by atoms with van der Waals surface area (Å²) < 4.78 is 11.3. The van der Waals surface area contributed by atoms with Crippen molar-refractivity contribution in [2.24, 2.45) is 10.9 Å². The maximum Gasteiger partial charge on any atom is 0.338 e. The van der Waals surface area contributed by atoms with Crippen molar-refractivity contribution in [1.29, 1.82) is 0 Å². The van der Waals surface area contributed by atoms with E-state index in [2.05, 4.69) is 60.5 Å². The fraction of sp³-hybridized carbons (Fsp3) is 0.560. The number of rotatable bonds is 31. The zero-order valence-electron chi connectivity index (χ0n) is 34.4. The average molecular weight is 736 g/mol. The van der Waals surface area contributed by atoms with Crippen molar-refractivity contribution in [3.63, 3.8) is 0 Å². The van der Waals surface area contributed by atoms with Gasteiger partial charge in [0, 0.05) is 6.21 Å². The van der Waals surface area contributed by atoms with Gasteiger partial charge in [-0.25, -0.2) is 4.79 Å². The van der Waals surface area contributed by atoms with Crippen molar-refractivity contribution < 1.29 is 14.3 Å². The van der Waals surface area contributed by atoms with Gasteiger partial charge >= 0.3 is 5.97 Å². The molecule has 0 aromatic heterocycles. The Kier molecular flexibility index (Phi) is 24.6. The van der Waals surface area contributed by atoms with Crippen LogP contribution in [0.3, 0.4) is 0 Å². The minimum absolute atomic E-state index is 0.269. The molecule has 3 rings (SSSR count). The van der Waals surface area contributed by atoms with Crippen molar-refractivity contribution in [2.75, 3.05) is 13.2 Å². The van der Waals surface area contributed by atoms with Crippen LogP contribution in [0.1, 0.15) is 183 Å². The third kappa shape index (κ3) is 21.9. The smallest absolute Gasteiger partial charge is 0.338 e. The Hall–Kier alpha value is -3.66. The Bertz CT molecular complexity index is 1410. The van der Waals surface area contributed by atoms with Gasteiger partial charge in [0.25, 0.3) is 0 Å². The summed E-state index contributed by atoms with van der Waals surface area (Å²) >= 11 is 0. The maximum atomic E-state index is 12.1. The maximum absolute atomic E-state index is 12.1. The Balaban J connectivity index is 1.15. The number of hydrogen-bond acceptors (Lipinski definition) is 4. The molecule has 3 aromatic rings. The lowest BCUT2D eigenvalue weighted by Crippen LogP contribution is -2.09. The first-order chi connectivity index (χ1) is 26.5. The van der Waals surface area contributed by atoms with Gasteiger partial charge in [-0.3, -0.25) is 4.99 Å². The van der Waals surface area contributed by atoms with Crippen molar-refractivity contribution in [3.05, 3.63) is 101 Å². The molecule has 0 spiro atoms. The normalized spacial score (nSPS) is 11.6. The molecule has 0 N–H and O–H groups in total. The van der Waals surface area contributed by atoms with E-state index >= 15 is 0 Å². The average Bonchev–Trinajstić information content (AvgIpc) is 3.19. The summed E-state index contributed by atoms with van der Waals surface area (Å²) in [6.45, 7) is 7.58. The first-order valence-corrected chi connectivity index (χ1v) is 21.8. The van der Waals surface area contributed by atoms with E-state index in [1.54, 1.807) is 0 Å². The van der Waals surface area contributed by atoms with Gasteiger partial charge in [-0.05, 0) is 84.0 Å². The second-order valence-corrected chi connectivity index (χ2v) is 15.6. The topological polar surface area (TPSA) is 47.9 Å². The molecule has 4 nitrogen and oxygen atoms in total. The summed E-state index contributed by atoms with van der Waals surface area (Å²) in [6, 6.07) is 24.1. The Morgan fingerprint density at radius 2 is 1.07 bits per heavy atom. The highest BCUT2D eigenvalue weighted by atomic mass is 16.5. The first kappa shape index (κ1) is 44.7. The molecule has 3 aromatic carbocycles. The van der Waals surface area contributed by atoms with Gasteiger partial charge in [0.1, 0.15) is 5.75 Å². The lowest BCUT2D eigenvalue weighted by atomic mass is 10.0. The molecule has 0 aliphatic heterocycles. The summed E-state index contributed by atoms with van der Waals surface area (Å²) in [5, 5.41) is 0. The number of aliphatic imine (C=N–C) groups is 1. The number of benzene rings is 3. The zero-order chi connectivity index (χ0) is 38.3. The van der Waals surface area contributed by atoms with Crippen molar-refractivity contribution in [2.45, 2.75) is 162 Å². The minimum Gasteiger partial charge on any atom is -0.494 e. The van der Waals surface area contributed by atoms with Crippen LogP contribution in [-0.2, 0) is 11.2 Å². The molecule has 0 radical (unpaired) electrons. The Morgan fingerprint density at radius 1 is 0.593 bits per heavy atom. The highest BCUT2D eigenvalue weighted by Crippen LogP contribution is 2.18. The van der Waals surface area contributed by atoms with E-state index in [0.717, 1.165) is 42.0 Å². The number of ether oxygens (including phenoxy) is 2. The van der Waals surface area contributed by atoms with Crippen molar-refractivity contribution in [1.82, 2.24) is 0 Å². The molecular weight excluding hydrogens is 663 g/mol. The van der Waals surface area contributed by atoms with Gasteiger partial charge in [-0.2, -0.15) is 0 Å². The summed E-state index contributed by atoms with van der Waals surface area (Å²) in [4.78, 5) is 16.8. The summed E-state index contributed by atoms with van der Waals surface area (Å²) in [5.74, 6) is 0.986. The molecule has 0 atom stereocenters. The lowest BCUT2D eigenvalue weighted by molar-refractivity contribution is 0.0459. The SMILES string of the molecule is CCCCCCCCCCCCCCCCCCCCCCCOc1ccc(C=Nc2ccc(C/C=C/c3ccc(C(=O)OCC(C)C)cc3)cc2)cc1. The van der Waals surface area contributed by atoms with E-state index in [9.17, 15) is 4.79 Å². The third-order valence-corrected chi connectivity index (χ3v) is 10.1. The van der Waals surface area contributed by atoms with Crippen molar-refractivity contribution >= 4 is 23.9 Å². The molecule has 0 heterocycles. The van der Waals surface area contributed by atoms with Crippen LogP contribution < -0.4 is 4.74 Å². The minimum atomic E-state index is -0.269. The summed E-state index contributed by atoms with van der Waals surface area (Å²) in [5.41, 5.74) is 4.84. The molecule has 0 unspecified atom stereocenters. The fourth-order valence-corrected chi connectivity index (χ4v) is 6.63. The van der Waals surface area contributed by atoms with Crippen LogP contribution >= 0.6 is 0 Å².